The third-order valence-corrected chi connectivity index (χ3v) is 3.17. The Hall–Kier alpha value is -1.29. The Morgan fingerprint density at radius 2 is 2.41 bits per heavy atom. The van der Waals surface area contributed by atoms with E-state index in [-0.39, 0.29) is 5.76 Å². The summed E-state index contributed by atoms with van der Waals surface area (Å²) >= 11 is 0. The Bertz CT molecular complexity index is 386. The van der Waals surface area contributed by atoms with Crippen LogP contribution in [0.4, 0.5) is 0 Å². The van der Waals surface area contributed by atoms with Crippen molar-refractivity contribution in [2.75, 3.05) is 20.2 Å². The molecule has 1 saturated heterocycles. The van der Waals surface area contributed by atoms with Crippen LogP contribution in [0.15, 0.2) is 16.5 Å². The summed E-state index contributed by atoms with van der Waals surface area (Å²) in [6.07, 6.45) is 2.55. The van der Waals surface area contributed by atoms with Crippen molar-refractivity contribution < 1.29 is 13.9 Å². The van der Waals surface area contributed by atoms with Gasteiger partial charge in [0.25, 0.3) is 0 Å². The quantitative estimate of drug-likeness (QED) is 0.756. The number of methoxy groups -OCH3 is 1. The molecule has 1 aromatic heterocycles. The van der Waals surface area contributed by atoms with Crippen LogP contribution >= 0.6 is 0 Å². The standard InChI is InChI=1S/C13H19NO3/c1-10-4-3-7-14(8-10)9-11-5-6-12(17-11)13(15)16-2/h5-6,10H,3-4,7-9H2,1-2H3. The molecular weight excluding hydrogens is 218 g/mol. The van der Waals surface area contributed by atoms with Gasteiger partial charge in [-0.1, -0.05) is 6.92 Å². The molecule has 4 heteroatoms. The fourth-order valence-electron chi connectivity index (χ4n) is 2.32. The third kappa shape index (κ3) is 3.09. The zero-order valence-electron chi connectivity index (χ0n) is 10.4. The smallest absolute Gasteiger partial charge is 0.373 e. The first-order valence-corrected chi connectivity index (χ1v) is 6.08. The number of hydrogen-bond acceptors (Lipinski definition) is 4. The molecule has 1 aromatic rings. The van der Waals surface area contributed by atoms with Gasteiger partial charge in [-0.3, -0.25) is 4.90 Å². The van der Waals surface area contributed by atoms with Crippen molar-refractivity contribution in [3.8, 4) is 0 Å². The average Bonchev–Trinajstić information content (AvgIpc) is 2.76. The van der Waals surface area contributed by atoms with Crippen LogP contribution in [0.1, 0.15) is 36.1 Å². The van der Waals surface area contributed by atoms with E-state index < -0.39 is 5.97 Å². The number of carbonyl (C=O) groups is 1. The second-order valence-corrected chi connectivity index (χ2v) is 4.74. The Kier molecular flexibility index (Phi) is 3.84. The number of rotatable bonds is 3. The minimum absolute atomic E-state index is 0.285. The van der Waals surface area contributed by atoms with Gasteiger partial charge < -0.3 is 9.15 Å². The molecule has 94 valence electrons. The number of hydrogen-bond donors (Lipinski definition) is 0. The van der Waals surface area contributed by atoms with E-state index >= 15 is 0 Å². The molecule has 0 saturated carbocycles. The lowest BCUT2D eigenvalue weighted by Gasteiger charge is -2.29. The summed E-state index contributed by atoms with van der Waals surface area (Å²) in [4.78, 5) is 13.6. The lowest BCUT2D eigenvalue weighted by atomic mass is 10.0. The molecule has 0 N–H and O–H groups in total. The Morgan fingerprint density at radius 1 is 1.59 bits per heavy atom. The molecule has 1 aliphatic heterocycles. The molecular formula is C13H19NO3. The molecule has 1 unspecified atom stereocenters. The Labute approximate surface area is 102 Å². The highest BCUT2D eigenvalue weighted by atomic mass is 16.5. The van der Waals surface area contributed by atoms with Crippen LogP contribution in [0.2, 0.25) is 0 Å². The molecule has 4 nitrogen and oxygen atoms in total. The summed E-state index contributed by atoms with van der Waals surface area (Å²) in [5.74, 6) is 1.45. The molecule has 1 fully saturated rings. The number of carbonyl (C=O) groups excluding carboxylic acids is 1. The van der Waals surface area contributed by atoms with E-state index in [4.69, 9.17) is 4.42 Å². The van der Waals surface area contributed by atoms with E-state index in [0.717, 1.165) is 31.3 Å². The van der Waals surface area contributed by atoms with E-state index in [1.165, 1.54) is 20.0 Å². The summed E-state index contributed by atoms with van der Waals surface area (Å²) in [6.45, 7) is 5.27. The Balaban J connectivity index is 1.94. The molecule has 0 amide bonds. The highest BCUT2D eigenvalue weighted by molar-refractivity contribution is 5.86. The van der Waals surface area contributed by atoms with E-state index in [1.54, 1.807) is 6.07 Å². The monoisotopic (exact) mass is 237 g/mol. The molecule has 0 radical (unpaired) electrons. The predicted molar refractivity (Wildman–Crippen MR) is 63.7 cm³/mol. The van der Waals surface area contributed by atoms with Crippen molar-refractivity contribution in [3.05, 3.63) is 23.7 Å². The molecule has 2 rings (SSSR count). The maximum Gasteiger partial charge on any atom is 0.373 e. The van der Waals surface area contributed by atoms with Crippen molar-refractivity contribution >= 4 is 5.97 Å². The van der Waals surface area contributed by atoms with Gasteiger partial charge in [-0.15, -0.1) is 0 Å². The zero-order valence-corrected chi connectivity index (χ0v) is 10.4. The number of furan rings is 1. The zero-order chi connectivity index (χ0) is 12.3. The molecule has 0 spiro atoms. The fourth-order valence-corrected chi connectivity index (χ4v) is 2.32. The van der Waals surface area contributed by atoms with Crippen molar-refractivity contribution in [1.82, 2.24) is 4.90 Å². The van der Waals surface area contributed by atoms with Crippen LogP contribution < -0.4 is 0 Å². The normalized spacial score (nSPS) is 21.4. The first-order chi connectivity index (χ1) is 8.19. The highest BCUT2D eigenvalue weighted by Crippen LogP contribution is 2.19. The van der Waals surface area contributed by atoms with Crippen LogP contribution in [-0.4, -0.2) is 31.1 Å². The predicted octanol–water partition coefficient (Wildman–Crippen LogP) is 2.30. The SMILES string of the molecule is COC(=O)c1ccc(CN2CCCC(C)C2)o1. The van der Waals surface area contributed by atoms with Crippen molar-refractivity contribution in [2.24, 2.45) is 5.92 Å². The largest absolute Gasteiger partial charge is 0.463 e. The van der Waals surface area contributed by atoms with Crippen molar-refractivity contribution in [1.29, 1.82) is 0 Å². The summed E-state index contributed by atoms with van der Waals surface area (Å²) < 4.78 is 10.1. The topological polar surface area (TPSA) is 42.7 Å². The van der Waals surface area contributed by atoms with E-state index in [9.17, 15) is 4.79 Å². The fraction of sp³-hybridized carbons (Fsp3) is 0.615. The van der Waals surface area contributed by atoms with Crippen LogP contribution in [-0.2, 0) is 11.3 Å². The minimum atomic E-state index is -0.414. The van der Waals surface area contributed by atoms with Gasteiger partial charge in [0.1, 0.15) is 5.76 Å². The average molecular weight is 237 g/mol. The van der Waals surface area contributed by atoms with Crippen molar-refractivity contribution in [2.45, 2.75) is 26.3 Å². The van der Waals surface area contributed by atoms with E-state index in [2.05, 4.69) is 16.6 Å². The van der Waals surface area contributed by atoms with Crippen LogP contribution in [0, 0.1) is 5.92 Å². The van der Waals surface area contributed by atoms with Gasteiger partial charge in [-0.2, -0.15) is 0 Å². The molecule has 17 heavy (non-hydrogen) atoms. The minimum Gasteiger partial charge on any atom is -0.463 e. The Morgan fingerprint density at radius 3 is 3.12 bits per heavy atom. The van der Waals surface area contributed by atoms with Crippen LogP contribution in [0.3, 0.4) is 0 Å². The summed E-state index contributed by atoms with van der Waals surface area (Å²) in [6, 6.07) is 3.53. The summed E-state index contributed by atoms with van der Waals surface area (Å²) in [5.41, 5.74) is 0. The molecule has 0 aromatic carbocycles. The van der Waals surface area contributed by atoms with Gasteiger partial charge in [0.2, 0.25) is 5.76 Å². The third-order valence-electron chi connectivity index (χ3n) is 3.17. The number of nitrogens with zero attached hydrogens (tertiary/aromatic N) is 1. The second-order valence-electron chi connectivity index (χ2n) is 4.74. The van der Waals surface area contributed by atoms with Gasteiger partial charge in [0.15, 0.2) is 0 Å². The second kappa shape index (κ2) is 5.36. The molecule has 1 atom stereocenters. The van der Waals surface area contributed by atoms with Gasteiger partial charge >= 0.3 is 5.97 Å². The first kappa shape index (κ1) is 12.2. The molecule has 1 aliphatic rings. The van der Waals surface area contributed by atoms with Gasteiger partial charge in [0, 0.05) is 6.54 Å². The van der Waals surface area contributed by atoms with Crippen molar-refractivity contribution in [3.63, 3.8) is 0 Å². The maximum absolute atomic E-state index is 11.2. The number of piperidine rings is 1. The molecule has 2 heterocycles. The first-order valence-electron chi connectivity index (χ1n) is 6.08. The van der Waals surface area contributed by atoms with Gasteiger partial charge in [0.05, 0.1) is 13.7 Å². The van der Waals surface area contributed by atoms with Gasteiger partial charge in [-0.25, -0.2) is 4.79 Å². The molecule has 0 aliphatic carbocycles. The molecule has 0 bridgehead atoms. The number of esters is 1. The summed E-state index contributed by atoms with van der Waals surface area (Å²) in [5, 5.41) is 0. The lowest BCUT2D eigenvalue weighted by Crippen LogP contribution is -2.33. The van der Waals surface area contributed by atoms with E-state index in [0.29, 0.717) is 0 Å². The van der Waals surface area contributed by atoms with Crippen LogP contribution in [0.5, 0.6) is 0 Å². The van der Waals surface area contributed by atoms with E-state index in [1.807, 2.05) is 6.07 Å². The van der Waals surface area contributed by atoms with Gasteiger partial charge in [-0.05, 0) is 37.4 Å². The van der Waals surface area contributed by atoms with Crippen LogP contribution in [0.25, 0.3) is 0 Å². The number of ether oxygens (including phenoxy) is 1. The lowest BCUT2D eigenvalue weighted by molar-refractivity contribution is 0.0560. The highest BCUT2D eigenvalue weighted by Gasteiger charge is 2.18. The number of likely N-dealkylation sites (tertiary alicyclic amines) is 1. The maximum atomic E-state index is 11.2. The summed E-state index contributed by atoms with van der Waals surface area (Å²) in [7, 11) is 1.36.